The van der Waals surface area contributed by atoms with Crippen molar-refractivity contribution in [3.8, 4) is 5.75 Å². The highest BCUT2D eigenvalue weighted by molar-refractivity contribution is 7.92. The Labute approximate surface area is 174 Å². The van der Waals surface area contributed by atoms with Crippen LogP contribution in [0.4, 0.5) is 15.8 Å². The Balaban J connectivity index is 1.86. The Kier molecular flexibility index (Phi) is 6.07. The van der Waals surface area contributed by atoms with Crippen LogP contribution >= 0.6 is 0 Å². The molecule has 156 valence electrons. The normalized spacial score (nSPS) is 11.1. The minimum Gasteiger partial charge on any atom is -0.497 e. The van der Waals surface area contributed by atoms with Gasteiger partial charge in [0, 0.05) is 16.9 Å². The molecule has 0 fully saturated rings. The number of halogens is 1. The highest BCUT2D eigenvalue weighted by atomic mass is 32.2. The number of methoxy groups -OCH3 is 1. The van der Waals surface area contributed by atoms with Crippen LogP contribution in [0.15, 0.2) is 65.6 Å². The van der Waals surface area contributed by atoms with E-state index in [2.05, 4.69) is 10.0 Å². The van der Waals surface area contributed by atoms with Gasteiger partial charge in [-0.15, -0.1) is 0 Å². The van der Waals surface area contributed by atoms with Crippen LogP contribution in [0.5, 0.6) is 5.75 Å². The van der Waals surface area contributed by atoms with Crippen LogP contribution in [0.2, 0.25) is 0 Å². The smallest absolute Gasteiger partial charge is 0.262 e. The molecule has 0 aliphatic rings. The number of hydrogen-bond donors (Lipinski definition) is 2. The fourth-order valence-electron chi connectivity index (χ4n) is 2.86. The molecule has 0 atom stereocenters. The van der Waals surface area contributed by atoms with Gasteiger partial charge in [0.05, 0.1) is 12.0 Å². The second kappa shape index (κ2) is 8.54. The van der Waals surface area contributed by atoms with Crippen molar-refractivity contribution in [3.05, 3.63) is 83.2 Å². The average molecular weight is 428 g/mol. The molecule has 3 aromatic rings. The van der Waals surface area contributed by atoms with E-state index in [1.807, 2.05) is 0 Å². The monoisotopic (exact) mass is 428 g/mol. The number of carbonyl (C=O) groups excluding carboxylic acids is 1. The molecule has 3 aromatic carbocycles. The predicted octanol–water partition coefficient (Wildman–Crippen LogP) is 4.50. The number of benzene rings is 3. The minimum atomic E-state index is -3.93. The van der Waals surface area contributed by atoms with Crippen LogP contribution in [-0.2, 0) is 10.0 Å². The number of hydrogen-bond acceptors (Lipinski definition) is 4. The quantitative estimate of drug-likeness (QED) is 0.605. The Morgan fingerprint density at radius 3 is 2.27 bits per heavy atom. The van der Waals surface area contributed by atoms with Gasteiger partial charge in [-0.2, -0.15) is 0 Å². The summed E-state index contributed by atoms with van der Waals surface area (Å²) in [4.78, 5) is 12.6. The third kappa shape index (κ3) is 4.77. The van der Waals surface area contributed by atoms with Crippen molar-refractivity contribution in [3.63, 3.8) is 0 Å². The summed E-state index contributed by atoms with van der Waals surface area (Å²) in [5.74, 6) is -0.298. The summed E-state index contributed by atoms with van der Waals surface area (Å²) in [5.41, 5.74) is 2.03. The summed E-state index contributed by atoms with van der Waals surface area (Å²) in [6.45, 7) is 3.32. The van der Waals surface area contributed by atoms with Crippen molar-refractivity contribution in [2.45, 2.75) is 18.7 Å². The molecular formula is C22H21FN2O4S. The third-order valence-corrected chi connectivity index (χ3v) is 6.04. The number of anilines is 2. The number of aryl methyl sites for hydroxylation is 2. The molecule has 0 aromatic heterocycles. The molecule has 2 N–H and O–H groups in total. The number of rotatable bonds is 6. The summed E-state index contributed by atoms with van der Waals surface area (Å²) < 4.78 is 46.6. The van der Waals surface area contributed by atoms with Crippen molar-refractivity contribution in [2.75, 3.05) is 17.1 Å². The van der Waals surface area contributed by atoms with E-state index in [-0.39, 0.29) is 10.5 Å². The van der Waals surface area contributed by atoms with Crippen LogP contribution in [0, 0.1) is 19.7 Å². The van der Waals surface area contributed by atoms with Gasteiger partial charge in [0.15, 0.2) is 0 Å². The van der Waals surface area contributed by atoms with Gasteiger partial charge in [0.25, 0.3) is 15.9 Å². The first kappa shape index (κ1) is 21.3. The molecule has 0 heterocycles. The van der Waals surface area contributed by atoms with E-state index in [9.17, 15) is 17.6 Å². The van der Waals surface area contributed by atoms with E-state index in [0.717, 1.165) is 0 Å². The molecule has 0 aliphatic heterocycles. The maximum Gasteiger partial charge on any atom is 0.262 e. The number of ether oxygens (including phenoxy) is 1. The zero-order valence-electron chi connectivity index (χ0n) is 16.7. The molecule has 6 nitrogen and oxygen atoms in total. The molecule has 0 unspecified atom stereocenters. The molecule has 0 aliphatic carbocycles. The van der Waals surface area contributed by atoms with Crippen LogP contribution in [-0.4, -0.2) is 21.4 Å². The number of amides is 1. The summed E-state index contributed by atoms with van der Waals surface area (Å²) in [6.07, 6.45) is 0. The SMILES string of the molecule is COc1ccc(NS(=O)(=O)c2cc(C(=O)Nc3ccc(F)cc3C)ccc2C)cc1. The molecule has 30 heavy (non-hydrogen) atoms. The van der Waals surface area contributed by atoms with E-state index < -0.39 is 21.7 Å². The zero-order valence-corrected chi connectivity index (χ0v) is 17.5. The van der Waals surface area contributed by atoms with Crippen LogP contribution in [0.25, 0.3) is 0 Å². The lowest BCUT2D eigenvalue weighted by Gasteiger charge is -2.13. The highest BCUT2D eigenvalue weighted by Crippen LogP contribution is 2.23. The van der Waals surface area contributed by atoms with E-state index >= 15 is 0 Å². The maximum absolute atomic E-state index is 13.3. The number of carbonyl (C=O) groups is 1. The van der Waals surface area contributed by atoms with E-state index in [1.165, 1.54) is 37.4 Å². The second-order valence-electron chi connectivity index (χ2n) is 6.73. The number of sulfonamides is 1. The van der Waals surface area contributed by atoms with Crippen LogP contribution in [0.3, 0.4) is 0 Å². The van der Waals surface area contributed by atoms with Gasteiger partial charge in [-0.1, -0.05) is 6.07 Å². The first-order valence-corrected chi connectivity index (χ1v) is 10.5. The fourth-order valence-corrected chi connectivity index (χ4v) is 4.19. The highest BCUT2D eigenvalue weighted by Gasteiger charge is 2.20. The Hall–Kier alpha value is -3.39. The van der Waals surface area contributed by atoms with Crippen molar-refractivity contribution < 1.29 is 22.3 Å². The lowest BCUT2D eigenvalue weighted by molar-refractivity contribution is 0.102. The maximum atomic E-state index is 13.3. The molecule has 8 heteroatoms. The van der Waals surface area contributed by atoms with Gasteiger partial charge in [0.1, 0.15) is 11.6 Å². The summed E-state index contributed by atoms with van der Waals surface area (Å²) in [7, 11) is -2.41. The van der Waals surface area contributed by atoms with Crippen LogP contribution < -0.4 is 14.8 Å². The Morgan fingerprint density at radius 2 is 1.63 bits per heavy atom. The van der Waals surface area contributed by atoms with E-state index in [0.29, 0.717) is 28.3 Å². The summed E-state index contributed by atoms with van der Waals surface area (Å²) in [5, 5.41) is 2.68. The topological polar surface area (TPSA) is 84.5 Å². The fraction of sp³-hybridized carbons (Fsp3) is 0.136. The molecule has 1 amide bonds. The van der Waals surface area contributed by atoms with E-state index in [4.69, 9.17) is 4.74 Å². The first-order valence-electron chi connectivity index (χ1n) is 9.04. The van der Waals surface area contributed by atoms with Gasteiger partial charge < -0.3 is 10.1 Å². The molecule has 3 rings (SSSR count). The van der Waals surface area contributed by atoms with Crippen molar-refractivity contribution in [1.29, 1.82) is 0 Å². The summed E-state index contributed by atoms with van der Waals surface area (Å²) in [6, 6.07) is 14.9. The molecule has 0 spiro atoms. The first-order chi connectivity index (χ1) is 14.2. The van der Waals surface area contributed by atoms with Gasteiger partial charge in [-0.25, -0.2) is 12.8 Å². The second-order valence-corrected chi connectivity index (χ2v) is 8.38. The van der Waals surface area contributed by atoms with Gasteiger partial charge in [0.2, 0.25) is 0 Å². The van der Waals surface area contributed by atoms with E-state index in [1.54, 1.807) is 44.2 Å². The van der Waals surface area contributed by atoms with Gasteiger partial charge >= 0.3 is 0 Å². The molecule has 0 radical (unpaired) electrons. The third-order valence-electron chi connectivity index (χ3n) is 4.52. The Morgan fingerprint density at radius 1 is 0.933 bits per heavy atom. The molecular weight excluding hydrogens is 407 g/mol. The summed E-state index contributed by atoms with van der Waals surface area (Å²) >= 11 is 0. The largest absolute Gasteiger partial charge is 0.497 e. The molecule has 0 saturated carbocycles. The standard InChI is InChI=1S/C22H21FN2O4S/c1-14-4-5-16(22(26)24-20-11-6-17(23)12-15(20)2)13-21(14)30(27,28)25-18-7-9-19(29-3)10-8-18/h4-13,25H,1-3H3,(H,24,26). The number of nitrogens with one attached hydrogen (secondary N) is 2. The average Bonchev–Trinajstić information content (AvgIpc) is 2.70. The lowest BCUT2D eigenvalue weighted by Crippen LogP contribution is -2.17. The van der Waals surface area contributed by atoms with Gasteiger partial charge in [-0.3, -0.25) is 9.52 Å². The molecule has 0 bridgehead atoms. The van der Waals surface area contributed by atoms with Crippen molar-refractivity contribution in [2.24, 2.45) is 0 Å². The predicted molar refractivity (Wildman–Crippen MR) is 114 cm³/mol. The minimum absolute atomic E-state index is 0.0122. The molecule has 0 saturated heterocycles. The van der Waals surface area contributed by atoms with Gasteiger partial charge in [-0.05, 0) is 79.6 Å². The zero-order chi connectivity index (χ0) is 21.9. The van der Waals surface area contributed by atoms with Crippen molar-refractivity contribution >= 4 is 27.3 Å². The Bertz CT molecular complexity index is 1190. The van der Waals surface area contributed by atoms with Crippen molar-refractivity contribution in [1.82, 2.24) is 0 Å². The lowest BCUT2D eigenvalue weighted by atomic mass is 10.1. The van der Waals surface area contributed by atoms with Crippen LogP contribution in [0.1, 0.15) is 21.5 Å².